The Balaban J connectivity index is 1.70. The highest BCUT2D eigenvalue weighted by Crippen LogP contribution is 2.54. The molecule has 3 atom stereocenters. The average Bonchev–Trinajstić information content (AvgIpc) is 3.27. The second kappa shape index (κ2) is 5.09. The highest BCUT2D eigenvalue weighted by molar-refractivity contribution is 5.87. The Morgan fingerprint density at radius 1 is 1.24 bits per heavy atom. The fourth-order valence-electron chi connectivity index (χ4n) is 2.79. The largest absolute Gasteiger partial charge is 0.479 e. The summed E-state index contributed by atoms with van der Waals surface area (Å²) in [5, 5.41) is 11.6. The molecule has 1 aromatic rings. The van der Waals surface area contributed by atoms with E-state index >= 15 is 0 Å². The van der Waals surface area contributed by atoms with Crippen LogP contribution in [0.4, 0.5) is 8.78 Å². The van der Waals surface area contributed by atoms with Gasteiger partial charge in [-0.15, -0.1) is 0 Å². The smallest absolute Gasteiger partial charge is 0.330 e. The van der Waals surface area contributed by atoms with Crippen LogP contribution in [0.2, 0.25) is 0 Å². The summed E-state index contributed by atoms with van der Waals surface area (Å²) < 4.78 is 26.1. The number of rotatable bonds is 5. The van der Waals surface area contributed by atoms with Crippen molar-refractivity contribution in [2.75, 3.05) is 0 Å². The minimum Gasteiger partial charge on any atom is -0.479 e. The predicted octanol–water partition coefficient (Wildman–Crippen LogP) is 2.25. The van der Waals surface area contributed by atoms with Crippen molar-refractivity contribution < 1.29 is 23.5 Å². The molecule has 2 saturated carbocycles. The van der Waals surface area contributed by atoms with Crippen LogP contribution in [-0.4, -0.2) is 17.0 Å². The Bertz CT molecular complexity index is 601. The maximum Gasteiger partial charge on any atom is 0.330 e. The summed E-state index contributed by atoms with van der Waals surface area (Å²) in [5.74, 6) is -2.95. The molecule has 0 heterocycles. The second-order valence-electron chi connectivity index (χ2n) is 5.80. The number of amides is 1. The van der Waals surface area contributed by atoms with Gasteiger partial charge in [-0.25, -0.2) is 13.6 Å². The maximum absolute atomic E-state index is 13.2. The molecule has 0 unspecified atom stereocenters. The van der Waals surface area contributed by atoms with Crippen LogP contribution < -0.4 is 5.32 Å². The molecule has 2 fully saturated rings. The molecule has 1 aromatic carbocycles. The van der Waals surface area contributed by atoms with Crippen LogP contribution in [-0.2, 0) is 9.59 Å². The Morgan fingerprint density at radius 3 is 2.52 bits per heavy atom. The normalized spacial score (nSPS) is 25.2. The summed E-state index contributed by atoms with van der Waals surface area (Å²) in [6.45, 7) is 0. The molecule has 0 bridgehead atoms. The molecule has 2 aliphatic rings. The van der Waals surface area contributed by atoms with Crippen molar-refractivity contribution >= 4 is 11.9 Å². The highest BCUT2D eigenvalue weighted by Gasteiger charge is 2.51. The standard InChI is InChI=1S/C15H15F2NO3/c16-11-4-3-8(5-12(11)17)13(15(20)21)18-14(19)10-6-9(10)7-1-2-7/h3-5,7,9-10,13H,1-2,6H2,(H,18,19)(H,20,21)/t9-,10+,13+/m0/s1. The van der Waals surface area contributed by atoms with Crippen LogP contribution in [0, 0.1) is 29.4 Å². The van der Waals surface area contributed by atoms with Gasteiger partial charge in [-0.1, -0.05) is 6.07 Å². The van der Waals surface area contributed by atoms with E-state index < -0.39 is 23.6 Å². The van der Waals surface area contributed by atoms with Crippen molar-refractivity contribution in [2.45, 2.75) is 25.3 Å². The first-order chi connectivity index (χ1) is 9.97. The number of carbonyl (C=O) groups excluding carboxylic acids is 1. The SMILES string of the molecule is O=C(O)[C@H](NC(=O)[C@@H]1C[C@H]1C1CC1)c1ccc(F)c(F)c1. The van der Waals surface area contributed by atoms with Gasteiger partial charge in [0.1, 0.15) is 0 Å². The second-order valence-corrected chi connectivity index (χ2v) is 5.80. The third kappa shape index (κ3) is 2.89. The van der Waals surface area contributed by atoms with Crippen LogP contribution in [0.15, 0.2) is 18.2 Å². The lowest BCUT2D eigenvalue weighted by Crippen LogP contribution is -2.35. The van der Waals surface area contributed by atoms with Crippen LogP contribution in [0.3, 0.4) is 0 Å². The lowest BCUT2D eigenvalue weighted by molar-refractivity contribution is -0.142. The molecule has 4 nitrogen and oxygen atoms in total. The zero-order valence-electron chi connectivity index (χ0n) is 11.2. The summed E-state index contributed by atoms with van der Waals surface area (Å²) in [5.41, 5.74) is 0.0263. The van der Waals surface area contributed by atoms with E-state index in [4.69, 9.17) is 0 Å². The topological polar surface area (TPSA) is 66.4 Å². The lowest BCUT2D eigenvalue weighted by Gasteiger charge is -2.15. The summed E-state index contributed by atoms with van der Waals surface area (Å²) in [7, 11) is 0. The minimum absolute atomic E-state index is 0.0263. The highest BCUT2D eigenvalue weighted by atomic mass is 19.2. The van der Waals surface area contributed by atoms with Crippen molar-refractivity contribution in [1.29, 1.82) is 0 Å². The molecule has 1 amide bonds. The molecule has 2 N–H and O–H groups in total. The summed E-state index contributed by atoms with van der Waals surface area (Å²) in [6.07, 6.45) is 3.07. The summed E-state index contributed by atoms with van der Waals surface area (Å²) in [6, 6.07) is 1.48. The molecule has 0 spiro atoms. The molecule has 0 radical (unpaired) electrons. The Kier molecular flexibility index (Phi) is 3.39. The molecule has 2 aliphatic carbocycles. The van der Waals surface area contributed by atoms with E-state index in [0.29, 0.717) is 11.8 Å². The Morgan fingerprint density at radius 2 is 1.95 bits per heavy atom. The number of benzene rings is 1. The van der Waals surface area contributed by atoms with Crippen molar-refractivity contribution in [3.63, 3.8) is 0 Å². The number of hydrogen-bond donors (Lipinski definition) is 2. The zero-order chi connectivity index (χ0) is 15.1. The van der Waals surface area contributed by atoms with Gasteiger partial charge < -0.3 is 10.4 Å². The van der Waals surface area contributed by atoms with E-state index in [1.165, 1.54) is 6.07 Å². The number of carbonyl (C=O) groups is 2. The molecule has 0 aromatic heterocycles. The van der Waals surface area contributed by atoms with Gasteiger partial charge in [-0.3, -0.25) is 4.79 Å². The van der Waals surface area contributed by atoms with Gasteiger partial charge in [-0.05, 0) is 48.8 Å². The zero-order valence-corrected chi connectivity index (χ0v) is 11.2. The van der Waals surface area contributed by atoms with Crippen molar-refractivity contribution in [3.05, 3.63) is 35.4 Å². The van der Waals surface area contributed by atoms with Gasteiger partial charge in [0.05, 0.1) is 0 Å². The van der Waals surface area contributed by atoms with E-state index in [1.807, 2.05) is 0 Å². The molecule has 112 valence electrons. The number of hydrogen-bond acceptors (Lipinski definition) is 2. The monoisotopic (exact) mass is 295 g/mol. The minimum atomic E-state index is -1.35. The molecular formula is C15H15F2NO3. The first-order valence-corrected chi connectivity index (χ1v) is 6.95. The molecular weight excluding hydrogens is 280 g/mol. The van der Waals surface area contributed by atoms with Crippen LogP contribution in [0.1, 0.15) is 30.9 Å². The quantitative estimate of drug-likeness (QED) is 0.875. The first-order valence-electron chi connectivity index (χ1n) is 6.95. The average molecular weight is 295 g/mol. The van der Waals surface area contributed by atoms with Crippen LogP contribution in [0.25, 0.3) is 0 Å². The fraction of sp³-hybridized carbons (Fsp3) is 0.467. The number of carboxylic acid groups (broad SMARTS) is 1. The molecule has 3 rings (SSSR count). The number of halogens is 2. The third-order valence-electron chi connectivity index (χ3n) is 4.21. The Hall–Kier alpha value is -1.98. The van der Waals surface area contributed by atoms with Gasteiger partial charge in [0.15, 0.2) is 17.7 Å². The van der Waals surface area contributed by atoms with Gasteiger partial charge in [-0.2, -0.15) is 0 Å². The van der Waals surface area contributed by atoms with Crippen molar-refractivity contribution in [3.8, 4) is 0 Å². The van der Waals surface area contributed by atoms with Crippen LogP contribution in [0.5, 0.6) is 0 Å². The molecule has 0 saturated heterocycles. The lowest BCUT2D eigenvalue weighted by atomic mass is 10.1. The molecule has 0 aliphatic heterocycles. The van der Waals surface area contributed by atoms with Crippen molar-refractivity contribution in [2.24, 2.45) is 17.8 Å². The van der Waals surface area contributed by atoms with Gasteiger partial charge >= 0.3 is 5.97 Å². The van der Waals surface area contributed by atoms with Crippen molar-refractivity contribution in [1.82, 2.24) is 5.32 Å². The third-order valence-corrected chi connectivity index (χ3v) is 4.21. The van der Waals surface area contributed by atoms with E-state index in [9.17, 15) is 23.5 Å². The van der Waals surface area contributed by atoms with E-state index in [2.05, 4.69) is 5.32 Å². The van der Waals surface area contributed by atoms with Gasteiger partial charge in [0.25, 0.3) is 0 Å². The molecule has 21 heavy (non-hydrogen) atoms. The number of carboxylic acids is 1. The fourth-order valence-corrected chi connectivity index (χ4v) is 2.79. The summed E-state index contributed by atoms with van der Waals surface area (Å²) in [4.78, 5) is 23.3. The number of nitrogens with one attached hydrogen (secondary N) is 1. The van der Waals surface area contributed by atoms with E-state index in [0.717, 1.165) is 31.4 Å². The van der Waals surface area contributed by atoms with Gasteiger partial charge in [0.2, 0.25) is 5.91 Å². The van der Waals surface area contributed by atoms with Gasteiger partial charge in [0, 0.05) is 5.92 Å². The predicted molar refractivity (Wildman–Crippen MR) is 69.2 cm³/mol. The Labute approximate surface area is 120 Å². The summed E-state index contributed by atoms with van der Waals surface area (Å²) >= 11 is 0. The van der Waals surface area contributed by atoms with Crippen LogP contribution >= 0.6 is 0 Å². The van der Waals surface area contributed by atoms with E-state index in [-0.39, 0.29) is 17.4 Å². The maximum atomic E-state index is 13.2. The number of aliphatic carboxylic acids is 1. The first kappa shape index (κ1) is 14.0. The molecule has 6 heteroatoms. The van der Waals surface area contributed by atoms with E-state index in [1.54, 1.807) is 0 Å².